The maximum atomic E-state index is 12.0. The molecule has 8 nitrogen and oxygen atoms in total. The zero-order valence-electron chi connectivity index (χ0n) is 10.3. The summed E-state index contributed by atoms with van der Waals surface area (Å²) in [6, 6.07) is 0. The van der Waals surface area contributed by atoms with Gasteiger partial charge in [-0.15, -0.1) is 0 Å². The highest BCUT2D eigenvalue weighted by Gasteiger charge is 2.28. The van der Waals surface area contributed by atoms with Crippen LogP contribution >= 0.6 is 0 Å². The van der Waals surface area contributed by atoms with Crippen LogP contribution in [0.15, 0.2) is 27.9 Å². The van der Waals surface area contributed by atoms with E-state index in [2.05, 4.69) is 19.6 Å². The van der Waals surface area contributed by atoms with Gasteiger partial charge in [-0.25, -0.2) is 14.3 Å². The first-order valence-electron chi connectivity index (χ1n) is 5.53. The molecule has 21 heavy (non-hydrogen) atoms. The first-order valence-corrected chi connectivity index (χ1v) is 5.53. The summed E-state index contributed by atoms with van der Waals surface area (Å²) in [4.78, 5) is 30.5. The van der Waals surface area contributed by atoms with Gasteiger partial charge in [0.2, 0.25) is 11.7 Å². The number of carbonyl (C=O) groups excluding carboxylic acids is 1. The molecule has 0 bridgehead atoms. The number of nitrogens with one attached hydrogen (secondary N) is 1. The molecule has 0 aliphatic heterocycles. The van der Waals surface area contributed by atoms with E-state index in [1.165, 1.54) is 18.6 Å². The van der Waals surface area contributed by atoms with Crippen LogP contribution in [0.5, 0.6) is 0 Å². The Hall–Kier alpha value is -2.72. The van der Waals surface area contributed by atoms with Gasteiger partial charge in [-0.1, -0.05) is 5.16 Å². The van der Waals surface area contributed by atoms with Crippen LogP contribution in [0, 0.1) is 0 Å². The van der Waals surface area contributed by atoms with Crippen molar-refractivity contribution in [2.45, 2.75) is 12.7 Å². The smallest absolute Gasteiger partial charge is 0.345 e. The summed E-state index contributed by atoms with van der Waals surface area (Å²) >= 11 is 0. The van der Waals surface area contributed by atoms with Gasteiger partial charge in [0.05, 0.1) is 6.20 Å². The number of hydrogen-bond acceptors (Lipinski definition) is 6. The fourth-order valence-electron chi connectivity index (χ4n) is 1.40. The lowest BCUT2D eigenvalue weighted by atomic mass is 10.4. The Morgan fingerprint density at radius 3 is 2.76 bits per heavy atom. The Kier molecular flexibility index (Phi) is 4.00. The minimum atomic E-state index is -4.54. The van der Waals surface area contributed by atoms with Crippen molar-refractivity contribution in [3.05, 3.63) is 29.1 Å². The summed E-state index contributed by atoms with van der Waals surface area (Å²) in [6.07, 6.45) is -0.574. The predicted molar refractivity (Wildman–Crippen MR) is 60.9 cm³/mol. The number of rotatable bonds is 4. The van der Waals surface area contributed by atoms with E-state index in [4.69, 9.17) is 0 Å². The largest absolute Gasteiger partial charge is 0.442 e. The van der Waals surface area contributed by atoms with Gasteiger partial charge in [-0.2, -0.15) is 13.2 Å². The quantitative estimate of drug-likeness (QED) is 0.851. The average molecular weight is 303 g/mol. The van der Waals surface area contributed by atoms with Crippen LogP contribution < -0.4 is 11.1 Å². The molecule has 0 aliphatic rings. The molecular formula is C10H8F3N5O3. The molecule has 1 N–H and O–H groups in total. The Balaban J connectivity index is 2.16. The van der Waals surface area contributed by atoms with E-state index in [-0.39, 0.29) is 11.5 Å². The molecule has 1 amide bonds. The van der Waals surface area contributed by atoms with Crippen molar-refractivity contribution < 1.29 is 22.5 Å². The van der Waals surface area contributed by atoms with Crippen molar-refractivity contribution in [2.75, 3.05) is 6.54 Å². The second-order valence-corrected chi connectivity index (χ2v) is 3.84. The lowest BCUT2D eigenvalue weighted by Crippen LogP contribution is -2.37. The molecule has 2 aromatic heterocycles. The van der Waals surface area contributed by atoms with Crippen molar-refractivity contribution in [3.8, 4) is 11.5 Å². The number of amides is 1. The third-order valence-electron chi connectivity index (χ3n) is 2.27. The first kappa shape index (κ1) is 14.7. The van der Waals surface area contributed by atoms with Gasteiger partial charge in [0, 0.05) is 12.4 Å². The van der Waals surface area contributed by atoms with Gasteiger partial charge in [-0.05, 0) is 0 Å². The second kappa shape index (κ2) is 5.73. The highest BCUT2D eigenvalue weighted by molar-refractivity contribution is 5.76. The Morgan fingerprint density at radius 2 is 2.14 bits per heavy atom. The Labute approximate surface area is 114 Å². The molecule has 0 saturated carbocycles. The fourth-order valence-corrected chi connectivity index (χ4v) is 1.40. The summed E-state index contributed by atoms with van der Waals surface area (Å²) < 4.78 is 41.1. The molecule has 0 fully saturated rings. The molecular weight excluding hydrogens is 295 g/mol. The Bertz CT molecular complexity index is 679. The molecule has 0 saturated heterocycles. The number of hydrogen-bond donors (Lipinski definition) is 1. The van der Waals surface area contributed by atoms with Crippen molar-refractivity contribution in [1.29, 1.82) is 0 Å². The molecule has 112 valence electrons. The SMILES string of the molecule is O=C(Cn1c(-c2cnccn2)noc1=O)NCC(F)(F)F. The third-order valence-corrected chi connectivity index (χ3v) is 2.27. The summed E-state index contributed by atoms with van der Waals surface area (Å²) in [7, 11) is 0. The fraction of sp³-hybridized carbons (Fsp3) is 0.300. The van der Waals surface area contributed by atoms with Gasteiger partial charge in [0.15, 0.2) is 0 Å². The lowest BCUT2D eigenvalue weighted by molar-refractivity contribution is -0.138. The standard InChI is InChI=1S/C10H8F3N5O3/c11-10(12,13)5-16-7(19)4-18-8(17-21-9(18)20)6-3-14-1-2-15-6/h1-3H,4-5H2,(H,16,19). The Morgan fingerprint density at radius 1 is 1.38 bits per heavy atom. The molecule has 11 heteroatoms. The molecule has 0 radical (unpaired) electrons. The monoisotopic (exact) mass is 303 g/mol. The number of carbonyl (C=O) groups is 1. The number of nitrogens with zero attached hydrogens (tertiary/aromatic N) is 4. The van der Waals surface area contributed by atoms with E-state index >= 15 is 0 Å². The molecule has 2 aromatic rings. The highest BCUT2D eigenvalue weighted by atomic mass is 19.4. The summed E-state index contributed by atoms with van der Waals surface area (Å²) in [6.45, 7) is -2.17. The van der Waals surface area contributed by atoms with E-state index in [1.54, 1.807) is 5.32 Å². The van der Waals surface area contributed by atoms with E-state index in [0.717, 1.165) is 4.57 Å². The van der Waals surface area contributed by atoms with Crippen molar-refractivity contribution in [2.24, 2.45) is 0 Å². The van der Waals surface area contributed by atoms with E-state index in [9.17, 15) is 22.8 Å². The number of alkyl halides is 3. The van der Waals surface area contributed by atoms with E-state index < -0.39 is 30.9 Å². The molecule has 0 spiro atoms. The third kappa shape index (κ3) is 3.87. The van der Waals surface area contributed by atoms with Crippen LogP contribution in [0.25, 0.3) is 11.5 Å². The van der Waals surface area contributed by atoms with Crippen LogP contribution in [0.4, 0.5) is 13.2 Å². The maximum absolute atomic E-state index is 12.0. The minimum Gasteiger partial charge on any atom is -0.345 e. The predicted octanol–water partition coefficient (Wildman–Crippen LogP) is -0.0282. The van der Waals surface area contributed by atoms with Crippen molar-refractivity contribution in [1.82, 2.24) is 25.0 Å². The zero-order valence-corrected chi connectivity index (χ0v) is 10.3. The van der Waals surface area contributed by atoms with Crippen LogP contribution in [0.2, 0.25) is 0 Å². The number of aromatic nitrogens is 4. The molecule has 0 aliphatic carbocycles. The van der Waals surface area contributed by atoms with Gasteiger partial charge >= 0.3 is 11.9 Å². The average Bonchev–Trinajstić information content (AvgIpc) is 2.78. The number of halogens is 3. The van der Waals surface area contributed by atoms with Crippen LogP contribution in [-0.2, 0) is 11.3 Å². The first-order chi connectivity index (χ1) is 9.87. The van der Waals surface area contributed by atoms with Crippen LogP contribution in [0.3, 0.4) is 0 Å². The molecule has 2 rings (SSSR count). The van der Waals surface area contributed by atoms with Gasteiger partial charge in [0.25, 0.3) is 0 Å². The lowest BCUT2D eigenvalue weighted by Gasteiger charge is -2.08. The zero-order chi connectivity index (χ0) is 15.5. The molecule has 0 atom stereocenters. The van der Waals surface area contributed by atoms with Gasteiger partial charge in [0.1, 0.15) is 18.8 Å². The van der Waals surface area contributed by atoms with E-state index in [0.29, 0.717) is 0 Å². The maximum Gasteiger partial charge on any atom is 0.442 e. The summed E-state index contributed by atoms with van der Waals surface area (Å²) in [5, 5.41) is 5.06. The summed E-state index contributed by atoms with van der Waals surface area (Å²) in [5.41, 5.74) is 0.145. The van der Waals surface area contributed by atoms with Gasteiger partial charge in [-0.3, -0.25) is 14.3 Å². The minimum absolute atomic E-state index is 0.102. The second-order valence-electron chi connectivity index (χ2n) is 3.84. The molecule has 0 unspecified atom stereocenters. The van der Waals surface area contributed by atoms with Gasteiger partial charge < -0.3 is 5.32 Å². The van der Waals surface area contributed by atoms with Crippen molar-refractivity contribution in [3.63, 3.8) is 0 Å². The molecule has 0 aromatic carbocycles. The van der Waals surface area contributed by atoms with Crippen molar-refractivity contribution >= 4 is 5.91 Å². The summed E-state index contributed by atoms with van der Waals surface area (Å²) in [5.74, 6) is -2.10. The molecule has 2 heterocycles. The normalized spacial score (nSPS) is 11.4. The topological polar surface area (TPSA) is 103 Å². The highest BCUT2D eigenvalue weighted by Crippen LogP contribution is 2.13. The van der Waals surface area contributed by atoms with E-state index in [1.807, 2.05) is 0 Å². The van der Waals surface area contributed by atoms with Crippen LogP contribution in [-0.4, -0.2) is 38.3 Å². The van der Waals surface area contributed by atoms with Crippen LogP contribution in [0.1, 0.15) is 0 Å².